The fourth-order valence-corrected chi connectivity index (χ4v) is 1.52. The topological polar surface area (TPSA) is 67.8 Å². The molecule has 0 aliphatic heterocycles. The number of nitrogens with one attached hydrogen (secondary N) is 1. The molecule has 74 valence electrons. The summed E-state index contributed by atoms with van der Waals surface area (Å²) < 4.78 is 5.25. The minimum atomic E-state index is 0.574. The van der Waals surface area contributed by atoms with Gasteiger partial charge in [0.15, 0.2) is 5.76 Å². The number of H-pyrrole nitrogens is 1. The van der Waals surface area contributed by atoms with Gasteiger partial charge in [0.1, 0.15) is 5.69 Å². The van der Waals surface area contributed by atoms with E-state index in [-0.39, 0.29) is 0 Å². The molecule has 0 saturated carbocycles. The van der Waals surface area contributed by atoms with Crippen LogP contribution in [0.1, 0.15) is 5.56 Å². The van der Waals surface area contributed by atoms with Crippen molar-refractivity contribution in [2.75, 3.05) is 6.54 Å². The van der Waals surface area contributed by atoms with Crippen molar-refractivity contribution < 1.29 is 4.42 Å². The Balaban J connectivity index is 2.41. The van der Waals surface area contributed by atoms with Crippen LogP contribution in [0.3, 0.4) is 0 Å². The number of furan rings is 1. The van der Waals surface area contributed by atoms with Gasteiger partial charge in [-0.1, -0.05) is 11.6 Å². The van der Waals surface area contributed by atoms with Gasteiger partial charge in [0, 0.05) is 5.56 Å². The van der Waals surface area contributed by atoms with E-state index < -0.39 is 0 Å². The van der Waals surface area contributed by atoms with Crippen molar-refractivity contribution in [2.45, 2.75) is 6.42 Å². The number of nitrogens with two attached hydrogens (primary N) is 1. The molecular weight excluding hydrogens is 202 g/mol. The van der Waals surface area contributed by atoms with E-state index in [4.69, 9.17) is 21.8 Å². The third-order valence-corrected chi connectivity index (χ3v) is 2.27. The molecule has 0 amide bonds. The van der Waals surface area contributed by atoms with Gasteiger partial charge in [-0.25, -0.2) is 0 Å². The molecule has 2 aromatic rings. The lowest BCUT2D eigenvalue weighted by Crippen LogP contribution is -2.02. The quantitative estimate of drug-likeness (QED) is 0.814. The zero-order valence-corrected chi connectivity index (χ0v) is 8.21. The van der Waals surface area contributed by atoms with Gasteiger partial charge in [0.05, 0.1) is 17.5 Å². The van der Waals surface area contributed by atoms with Gasteiger partial charge in [0.25, 0.3) is 0 Å². The van der Waals surface area contributed by atoms with Gasteiger partial charge in [0.2, 0.25) is 0 Å². The summed E-state index contributed by atoms with van der Waals surface area (Å²) in [7, 11) is 0. The summed E-state index contributed by atoms with van der Waals surface area (Å²) in [6, 6.07) is 1.70. The molecule has 0 saturated heterocycles. The zero-order valence-electron chi connectivity index (χ0n) is 7.46. The number of rotatable bonds is 3. The first-order chi connectivity index (χ1) is 6.83. The van der Waals surface area contributed by atoms with E-state index in [0.717, 1.165) is 17.7 Å². The van der Waals surface area contributed by atoms with Crippen LogP contribution in [0.5, 0.6) is 0 Å². The Hall–Kier alpha value is -1.26. The summed E-state index contributed by atoms with van der Waals surface area (Å²) in [5.41, 5.74) is 7.30. The van der Waals surface area contributed by atoms with Crippen LogP contribution in [0.4, 0.5) is 0 Å². The number of hydrogen-bond donors (Lipinski definition) is 2. The van der Waals surface area contributed by atoms with Gasteiger partial charge in [-0.2, -0.15) is 5.10 Å². The predicted octanol–water partition coefficient (Wildman–Crippen LogP) is 1.82. The van der Waals surface area contributed by atoms with Crippen LogP contribution < -0.4 is 5.73 Å². The molecule has 5 heteroatoms. The average Bonchev–Trinajstić information content (AvgIpc) is 2.74. The second-order valence-electron chi connectivity index (χ2n) is 2.91. The van der Waals surface area contributed by atoms with Gasteiger partial charge >= 0.3 is 0 Å². The highest BCUT2D eigenvalue weighted by molar-refractivity contribution is 6.32. The fourth-order valence-electron chi connectivity index (χ4n) is 1.32. The van der Waals surface area contributed by atoms with Crippen LogP contribution in [0.2, 0.25) is 5.02 Å². The first kappa shape index (κ1) is 9.30. The number of aromatic nitrogens is 2. The van der Waals surface area contributed by atoms with E-state index in [0.29, 0.717) is 17.3 Å². The minimum Gasteiger partial charge on any atom is -0.461 e. The van der Waals surface area contributed by atoms with E-state index in [2.05, 4.69) is 10.2 Å². The van der Waals surface area contributed by atoms with Gasteiger partial charge in [-0.15, -0.1) is 0 Å². The van der Waals surface area contributed by atoms with Crippen LogP contribution >= 0.6 is 11.6 Å². The zero-order chi connectivity index (χ0) is 9.97. The van der Waals surface area contributed by atoms with E-state index in [1.165, 1.54) is 0 Å². The van der Waals surface area contributed by atoms with E-state index in [9.17, 15) is 0 Å². The Kier molecular flexibility index (Phi) is 2.56. The average molecular weight is 212 g/mol. The molecule has 0 bridgehead atoms. The number of nitrogens with zero attached hydrogens (tertiary/aromatic N) is 1. The van der Waals surface area contributed by atoms with Crippen LogP contribution in [-0.2, 0) is 6.42 Å². The van der Waals surface area contributed by atoms with Crippen molar-refractivity contribution in [3.8, 4) is 11.5 Å². The first-order valence-electron chi connectivity index (χ1n) is 4.28. The molecule has 14 heavy (non-hydrogen) atoms. The standard InChI is InChI=1S/C9H10ClN3O/c10-7-2-4-14-9(7)8-6(1-3-11)5-12-13-8/h2,4-5H,1,3,11H2,(H,12,13). The summed E-state index contributed by atoms with van der Waals surface area (Å²) in [5.74, 6) is 0.618. The maximum atomic E-state index is 5.93. The monoisotopic (exact) mass is 211 g/mol. The molecule has 0 radical (unpaired) electrons. The second-order valence-corrected chi connectivity index (χ2v) is 3.31. The number of aromatic amines is 1. The van der Waals surface area contributed by atoms with Crippen molar-refractivity contribution in [2.24, 2.45) is 5.73 Å². The normalized spacial score (nSPS) is 10.7. The minimum absolute atomic E-state index is 0.574. The third-order valence-electron chi connectivity index (χ3n) is 1.98. The highest BCUT2D eigenvalue weighted by Gasteiger charge is 2.13. The Morgan fingerprint density at radius 1 is 1.57 bits per heavy atom. The molecule has 0 aromatic carbocycles. The lowest BCUT2D eigenvalue weighted by Gasteiger charge is -1.98. The molecule has 0 fully saturated rings. The van der Waals surface area contributed by atoms with Crippen LogP contribution in [0.25, 0.3) is 11.5 Å². The molecule has 0 aliphatic rings. The maximum absolute atomic E-state index is 5.93. The fraction of sp³-hybridized carbons (Fsp3) is 0.222. The van der Waals surface area contributed by atoms with Crippen molar-refractivity contribution in [1.29, 1.82) is 0 Å². The highest BCUT2D eigenvalue weighted by Crippen LogP contribution is 2.29. The Morgan fingerprint density at radius 3 is 3.07 bits per heavy atom. The lowest BCUT2D eigenvalue weighted by molar-refractivity contribution is 0.579. The van der Waals surface area contributed by atoms with Gasteiger partial charge in [-0.05, 0) is 19.0 Å². The summed E-state index contributed by atoms with van der Waals surface area (Å²) in [6.07, 6.45) is 4.04. The predicted molar refractivity (Wildman–Crippen MR) is 54.1 cm³/mol. The Morgan fingerprint density at radius 2 is 2.43 bits per heavy atom. The van der Waals surface area contributed by atoms with Crippen LogP contribution in [0, 0.1) is 0 Å². The maximum Gasteiger partial charge on any atom is 0.170 e. The SMILES string of the molecule is NCCc1cn[nH]c1-c1occc1Cl. The summed E-state index contributed by atoms with van der Waals surface area (Å²) in [5, 5.41) is 7.37. The Bertz CT molecular complexity index is 421. The first-order valence-corrected chi connectivity index (χ1v) is 4.66. The van der Waals surface area contributed by atoms with Crippen molar-refractivity contribution in [3.05, 3.63) is 29.1 Å². The smallest absolute Gasteiger partial charge is 0.170 e. The lowest BCUT2D eigenvalue weighted by atomic mass is 10.1. The van der Waals surface area contributed by atoms with Crippen LogP contribution in [-0.4, -0.2) is 16.7 Å². The molecule has 3 N–H and O–H groups in total. The molecule has 0 unspecified atom stereocenters. The van der Waals surface area contributed by atoms with Gasteiger partial charge in [-0.3, -0.25) is 5.10 Å². The molecule has 2 aromatic heterocycles. The van der Waals surface area contributed by atoms with Crippen molar-refractivity contribution in [1.82, 2.24) is 10.2 Å². The Labute approximate surface area is 86.1 Å². The largest absolute Gasteiger partial charge is 0.461 e. The summed E-state index contributed by atoms with van der Waals surface area (Å²) in [6.45, 7) is 0.574. The van der Waals surface area contributed by atoms with E-state index in [1.807, 2.05) is 0 Å². The van der Waals surface area contributed by atoms with Crippen LogP contribution in [0.15, 0.2) is 22.9 Å². The molecule has 0 aliphatic carbocycles. The van der Waals surface area contributed by atoms with Crippen molar-refractivity contribution in [3.63, 3.8) is 0 Å². The molecule has 0 spiro atoms. The number of hydrogen-bond acceptors (Lipinski definition) is 3. The van der Waals surface area contributed by atoms with E-state index in [1.54, 1.807) is 18.5 Å². The highest BCUT2D eigenvalue weighted by atomic mass is 35.5. The molecule has 2 heterocycles. The van der Waals surface area contributed by atoms with Gasteiger partial charge < -0.3 is 10.2 Å². The molecule has 2 rings (SSSR count). The van der Waals surface area contributed by atoms with E-state index >= 15 is 0 Å². The molecular formula is C9H10ClN3O. The summed E-state index contributed by atoms with van der Waals surface area (Å²) in [4.78, 5) is 0. The second kappa shape index (κ2) is 3.86. The van der Waals surface area contributed by atoms with Crippen molar-refractivity contribution >= 4 is 11.6 Å². The number of halogens is 1. The molecule has 4 nitrogen and oxygen atoms in total. The molecule has 0 atom stereocenters. The third kappa shape index (κ3) is 1.54. The summed E-state index contributed by atoms with van der Waals surface area (Å²) >= 11 is 5.93.